The quantitative estimate of drug-likeness (QED) is 0.846. The third-order valence-electron chi connectivity index (χ3n) is 4.12. The Balaban J connectivity index is 1.81. The van der Waals surface area contributed by atoms with Gasteiger partial charge in [0.2, 0.25) is 0 Å². The molecular formula is C17H26N2O2. The van der Waals surface area contributed by atoms with Crippen LogP contribution in [0.25, 0.3) is 0 Å². The van der Waals surface area contributed by atoms with Gasteiger partial charge in [-0.1, -0.05) is 25.8 Å². The van der Waals surface area contributed by atoms with Crippen LogP contribution in [0.3, 0.4) is 0 Å². The highest BCUT2D eigenvalue weighted by molar-refractivity contribution is 5.77. The lowest BCUT2D eigenvalue weighted by Crippen LogP contribution is -2.24. The minimum absolute atomic E-state index is 0.0556. The first-order valence-corrected chi connectivity index (χ1v) is 7.84. The molecule has 0 aromatic heterocycles. The molecule has 4 heteroatoms. The van der Waals surface area contributed by atoms with Crippen molar-refractivity contribution in [2.24, 2.45) is 11.8 Å². The topological polar surface area (TPSA) is 50.4 Å². The molecule has 1 aliphatic rings. The summed E-state index contributed by atoms with van der Waals surface area (Å²) < 4.78 is 5.46. The molecule has 1 amide bonds. The molecule has 116 valence electrons. The molecule has 0 heterocycles. The third-order valence-corrected chi connectivity index (χ3v) is 4.12. The summed E-state index contributed by atoms with van der Waals surface area (Å²) in [5, 5.41) is 6.04. The van der Waals surface area contributed by atoms with Gasteiger partial charge in [0.1, 0.15) is 5.75 Å². The lowest BCUT2D eigenvalue weighted by atomic mass is 9.82. The number of hydrogen-bond acceptors (Lipinski definition) is 3. The Morgan fingerprint density at radius 2 is 2.24 bits per heavy atom. The van der Waals surface area contributed by atoms with Crippen LogP contribution < -0.4 is 15.4 Å². The zero-order valence-corrected chi connectivity index (χ0v) is 13.0. The van der Waals surface area contributed by atoms with Crippen LogP contribution in [0.5, 0.6) is 5.75 Å². The predicted octanol–water partition coefficient (Wildman–Crippen LogP) is 3.05. The van der Waals surface area contributed by atoms with Crippen molar-refractivity contribution in [3.63, 3.8) is 0 Å². The Morgan fingerprint density at radius 1 is 1.38 bits per heavy atom. The Morgan fingerprint density at radius 3 is 3.00 bits per heavy atom. The fourth-order valence-corrected chi connectivity index (χ4v) is 2.92. The second-order valence-corrected chi connectivity index (χ2v) is 6.01. The molecule has 0 saturated heterocycles. The molecular weight excluding hydrogens is 264 g/mol. The van der Waals surface area contributed by atoms with Crippen LogP contribution in [0.1, 0.15) is 32.6 Å². The first kappa shape index (κ1) is 15.7. The maximum atomic E-state index is 11.2. The summed E-state index contributed by atoms with van der Waals surface area (Å²) in [6, 6.07) is 7.82. The Kier molecular flexibility index (Phi) is 5.90. The number of rotatable bonds is 6. The van der Waals surface area contributed by atoms with Gasteiger partial charge in [0, 0.05) is 25.3 Å². The lowest BCUT2D eigenvalue weighted by Gasteiger charge is -2.27. The van der Waals surface area contributed by atoms with Crippen molar-refractivity contribution >= 4 is 11.6 Å². The summed E-state index contributed by atoms with van der Waals surface area (Å²) in [6.45, 7) is 3.42. The molecule has 0 bridgehead atoms. The van der Waals surface area contributed by atoms with Crippen molar-refractivity contribution in [1.29, 1.82) is 0 Å². The van der Waals surface area contributed by atoms with Crippen LogP contribution >= 0.6 is 0 Å². The second-order valence-electron chi connectivity index (χ2n) is 6.01. The molecule has 0 spiro atoms. The maximum absolute atomic E-state index is 11.2. The zero-order chi connectivity index (χ0) is 15.1. The molecule has 2 unspecified atom stereocenters. The molecule has 1 aromatic rings. The largest absolute Gasteiger partial charge is 0.484 e. The number of carbonyl (C=O) groups is 1. The average molecular weight is 290 g/mol. The highest BCUT2D eigenvalue weighted by atomic mass is 16.5. The van der Waals surface area contributed by atoms with Gasteiger partial charge in [-0.25, -0.2) is 0 Å². The van der Waals surface area contributed by atoms with Crippen LogP contribution in [0, 0.1) is 11.8 Å². The summed E-state index contributed by atoms with van der Waals surface area (Å²) >= 11 is 0. The van der Waals surface area contributed by atoms with E-state index in [0.29, 0.717) is 0 Å². The molecule has 21 heavy (non-hydrogen) atoms. The van der Waals surface area contributed by atoms with Gasteiger partial charge in [-0.05, 0) is 36.8 Å². The van der Waals surface area contributed by atoms with E-state index in [2.05, 4.69) is 17.6 Å². The van der Waals surface area contributed by atoms with E-state index < -0.39 is 0 Å². The smallest absolute Gasteiger partial charge is 0.257 e. The fraction of sp³-hybridized carbons (Fsp3) is 0.588. The minimum Gasteiger partial charge on any atom is -0.484 e. The van der Waals surface area contributed by atoms with Crippen molar-refractivity contribution in [2.75, 3.05) is 25.5 Å². The van der Waals surface area contributed by atoms with Crippen molar-refractivity contribution in [3.05, 3.63) is 24.3 Å². The van der Waals surface area contributed by atoms with E-state index in [9.17, 15) is 4.79 Å². The van der Waals surface area contributed by atoms with E-state index in [0.717, 1.165) is 29.8 Å². The highest BCUT2D eigenvalue weighted by Gasteiger charge is 2.18. The number of amides is 1. The summed E-state index contributed by atoms with van der Waals surface area (Å²) in [6.07, 6.45) is 5.37. The molecule has 1 aliphatic carbocycles. The first-order chi connectivity index (χ1) is 10.2. The predicted molar refractivity (Wildman–Crippen MR) is 85.6 cm³/mol. The Labute approximate surface area is 127 Å². The van der Waals surface area contributed by atoms with E-state index in [1.165, 1.54) is 25.7 Å². The number of benzene rings is 1. The molecule has 4 nitrogen and oxygen atoms in total. The zero-order valence-electron chi connectivity index (χ0n) is 13.0. The van der Waals surface area contributed by atoms with E-state index in [-0.39, 0.29) is 12.5 Å². The SMILES string of the molecule is CNC(=O)COc1cccc(NCC2CCCC(C)C2)c1. The van der Waals surface area contributed by atoms with Gasteiger partial charge >= 0.3 is 0 Å². The summed E-state index contributed by atoms with van der Waals surface area (Å²) in [5.74, 6) is 2.22. The number of nitrogens with one attached hydrogen (secondary N) is 2. The van der Waals surface area contributed by atoms with E-state index in [1.807, 2.05) is 24.3 Å². The first-order valence-electron chi connectivity index (χ1n) is 7.84. The van der Waals surface area contributed by atoms with Gasteiger partial charge in [-0.15, -0.1) is 0 Å². The van der Waals surface area contributed by atoms with E-state index in [1.54, 1.807) is 7.05 Å². The average Bonchev–Trinajstić information content (AvgIpc) is 2.51. The Bertz CT molecular complexity index is 462. The number of hydrogen-bond donors (Lipinski definition) is 2. The number of anilines is 1. The van der Waals surface area contributed by atoms with Crippen molar-refractivity contribution in [3.8, 4) is 5.75 Å². The van der Waals surface area contributed by atoms with Crippen molar-refractivity contribution < 1.29 is 9.53 Å². The van der Waals surface area contributed by atoms with Crippen LogP contribution in [-0.2, 0) is 4.79 Å². The highest BCUT2D eigenvalue weighted by Crippen LogP contribution is 2.29. The van der Waals surface area contributed by atoms with Gasteiger partial charge in [0.25, 0.3) is 5.91 Å². The molecule has 2 N–H and O–H groups in total. The van der Waals surface area contributed by atoms with Crippen LogP contribution in [0.15, 0.2) is 24.3 Å². The molecule has 2 atom stereocenters. The molecule has 1 fully saturated rings. The molecule has 1 saturated carbocycles. The number of carbonyl (C=O) groups excluding carboxylic acids is 1. The van der Waals surface area contributed by atoms with Crippen LogP contribution in [-0.4, -0.2) is 26.1 Å². The van der Waals surface area contributed by atoms with E-state index >= 15 is 0 Å². The Hall–Kier alpha value is -1.71. The normalized spacial score (nSPS) is 21.6. The van der Waals surface area contributed by atoms with E-state index in [4.69, 9.17) is 4.74 Å². The molecule has 0 aliphatic heterocycles. The maximum Gasteiger partial charge on any atom is 0.257 e. The lowest BCUT2D eigenvalue weighted by molar-refractivity contribution is -0.122. The number of ether oxygens (including phenoxy) is 1. The van der Waals surface area contributed by atoms with Gasteiger partial charge in [-0.2, -0.15) is 0 Å². The molecule has 0 radical (unpaired) electrons. The van der Waals surface area contributed by atoms with Crippen LogP contribution in [0.2, 0.25) is 0 Å². The monoisotopic (exact) mass is 290 g/mol. The summed E-state index contributed by atoms with van der Waals surface area (Å²) in [5.41, 5.74) is 1.06. The van der Waals surface area contributed by atoms with Crippen molar-refractivity contribution in [2.45, 2.75) is 32.6 Å². The molecule has 1 aromatic carbocycles. The number of likely N-dealkylation sites (N-methyl/N-ethyl adjacent to an activating group) is 1. The van der Waals surface area contributed by atoms with Gasteiger partial charge in [-0.3, -0.25) is 4.79 Å². The fourth-order valence-electron chi connectivity index (χ4n) is 2.92. The summed E-state index contributed by atoms with van der Waals surface area (Å²) in [4.78, 5) is 11.2. The van der Waals surface area contributed by atoms with Gasteiger partial charge < -0.3 is 15.4 Å². The standard InChI is InChI=1S/C17H26N2O2/c1-13-5-3-6-14(9-13)11-19-15-7-4-8-16(10-15)21-12-17(20)18-2/h4,7-8,10,13-14,19H,3,5-6,9,11-12H2,1-2H3,(H,18,20). The molecule has 2 rings (SSSR count). The minimum atomic E-state index is -0.121. The van der Waals surface area contributed by atoms with Crippen molar-refractivity contribution in [1.82, 2.24) is 5.32 Å². The van der Waals surface area contributed by atoms with Crippen LogP contribution in [0.4, 0.5) is 5.69 Å². The second kappa shape index (κ2) is 7.91. The van der Waals surface area contributed by atoms with Gasteiger partial charge in [0.15, 0.2) is 6.61 Å². The summed E-state index contributed by atoms with van der Waals surface area (Å²) in [7, 11) is 1.61. The third kappa shape index (κ3) is 5.29. The van der Waals surface area contributed by atoms with Gasteiger partial charge in [0.05, 0.1) is 0 Å².